The van der Waals surface area contributed by atoms with E-state index >= 15 is 0 Å². The molecular weight excluding hydrogens is 409 g/mol. The van der Waals surface area contributed by atoms with E-state index in [2.05, 4.69) is 4.98 Å². The van der Waals surface area contributed by atoms with Crippen molar-refractivity contribution in [2.24, 2.45) is 0 Å². The summed E-state index contributed by atoms with van der Waals surface area (Å²) in [5.41, 5.74) is 2.85. The first-order valence-electron chi connectivity index (χ1n) is 10.3. The molecule has 164 valence electrons. The summed E-state index contributed by atoms with van der Waals surface area (Å²) in [5, 5.41) is 0. The summed E-state index contributed by atoms with van der Waals surface area (Å²) in [5.74, 6) is 0.163. The normalized spacial score (nSPS) is 10.8. The Morgan fingerprint density at radius 3 is 2.75 bits per heavy atom. The van der Waals surface area contributed by atoms with Crippen LogP contribution in [0.25, 0.3) is 5.65 Å². The van der Waals surface area contributed by atoms with Crippen molar-refractivity contribution in [3.63, 3.8) is 0 Å². The van der Waals surface area contributed by atoms with Crippen molar-refractivity contribution in [1.29, 1.82) is 0 Å². The quantitative estimate of drug-likeness (QED) is 0.403. The molecule has 0 radical (unpaired) electrons. The first kappa shape index (κ1) is 21.4. The van der Waals surface area contributed by atoms with Crippen LogP contribution in [0.3, 0.4) is 0 Å². The molecule has 7 heteroatoms. The zero-order chi connectivity index (χ0) is 22.5. The third-order valence-electron chi connectivity index (χ3n) is 5.14. The molecule has 2 aromatic heterocycles. The maximum absolute atomic E-state index is 14.0. The Kier molecular flexibility index (Phi) is 6.35. The molecule has 4 aromatic rings. The number of pyridine rings is 1. The second-order valence-electron chi connectivity index (χ2n) is 7.30. The van der Waals surface area contributed by atoms with Crippen LogP contribution in [0.4, 0.5) is 4.39 Å². The number of carbonyl (C=O) groups is 1. The maximum Gasteiger partial charge on any atom is 0.254 e. The van der Waals surface area contributed by atoms with Crippen LogP contribution in [0, 0.1) is 5.82 Å². The van der Waals surface area contributed by atoms with Gasteiger partial charge < -0.3 is 18.8 Å². The number of amides is 1. The Morgan fingerprint density at radius 2 is 2.00 bits per heavy atom. The molecule has 0 unspecified atom stereocenters. The molecule has 4 rings (SSSR count). The van der Waals surface area contributed by atoms with Gasteiger partial charge in [-0.1, -0.05) is 18.2 Å². The Morgan fingerprint density at radius 1 is 1.12 bits per heavy atom. The number of imidazole rings is 1. The summed E-state index contributed by atoms with van der Waals surface area (Å²) in [6, 6.07) is 17.6. The molecule has 0 atom stereocenters. The van der Waals surface area contributed by atoms with Gasteiger partial charge in [-0.3, -0.25) is 4.79 Å². The van der Waals surface area contributed by atoms with Gasteiger partial charge in [0.1, 0.15) is 18.0 Å². The van der Waals surface area contributed by atoms with Gasteiger partial charge in [-0.05, 0) is 55.0 Å². The van der Waals surface area contributed by atoms with E-state index in [0.29, 0.717) is 36.6 Å². The van der Waals surface area contributed by atoms with Crippen molar-refractivity contribution in [2.45, 2.75) is 20.1 Å². The number of halogens is 1. The molecule has 1 amide bonds. The van der Waals surface area contributed by atoms with Crippen LogP contribution >= 0.6 is 0 Å². The molecule has 0 spiro atoms. The lowest BCUT2D eigenvalue weighted by Crippen LogP contribution is -2.30. The standard InChI is InChI=1S/C25H24FN3O3/c1-3-28(15-18-10-11-23(31-2)22(26)13-18)25(30)19-7-6-8-21(14-19)32-17-20-16-29-12-5-4-9-24(29)27-20/h4-14,16H,3,15,17H2,1-2H3. The molecular formula is C25H24FN3O3. The van der Waals surface area contributed by atoms with Crippen LogP contribution in [0.2, 0.25) is 0 Å². The number of carbonyl (C=O) groups excluding carboxylic acids is 1. The van der Waals surface area contributed by atoms with Crippen LogP contribution in [-0.2, 0) is 13.2 Å². The van der Waals surface area contributed by atoms with Crippen molar-refractivity contribution in [3.05, 3.63) is 95.7 Å². The monoisotopic (exact) mass is 433 g/mol. The van der Waals surface area contributed by atoms with E-state index in [9.17, 15) is 9.18 Å². The third-order valence-corrected chi connectivity index (χ3v) is 5.14. The molecule has 6 nitrogen and oxygen atoms in total. The van der Waals surface area contributed by atoms with E-state index in [0.717, 1.165) is 11.3 Å². The molecule has 2 heterocycles. The lowest BCUT2D eigenvalue weighted by Gasteiger charge is -2.21. The van der Waals surface area contributed by atoms with E-state index in [4.69, 9.17) is 9.47 Å². The van der Waals surface area contributed by atoms with Gasteiger partial charge in [0.15, 0.2) is 11.6 Å². The summed E-state index contributed by atoms with van der Waals surface area (Å²) in [6.45, 7) is 2.96. The number of rotatable bonds is 8. The minimum Gasteiger partial charge on any atom is -0.494 e. The number of nitrogens with zero attached hydrogens (tertiary/aromatic N) is 3. The second kappa shape index (κ2) is 9.51. The van der Waals surface area contributed by atoms with Crippen LogP contribution in [0.1, 0.15) is 28.5 Å². The average molecular weight is 433 g/mol. The van der Waals surface area contributed by atoms with Gasteiger partial charge in [-0.2, -0.15) is 0 Å². The van der Waals surface area contributed by atoms with Crippen molar-refractivity contribution >= 4 is 11.6 Å². The lowest BCUT2D eigenvalue weighted by atomic mass is 10.1. The van der Waals surface area contributed by atoms with Gasteiger partial charge in [0.2, 0.25) is 0 Å². The zero-order valence-electron chi connectivity index (χ0n) is 18.0. The summed E-state index contributed by atoms with van der Waals surface area (Å²) in [6.07, 6.45) is 3.84. The highest BCUT2D eigenvalue weighted by molar-refractivity contribution is 5.94. The van der Waals surface area contributed by atoms with E-state index in [1.54, 1.807) is 35.2 Å². The molecule has 0 aliphatic rings. The number of aromatic nitrogens is 2. The Labute approximate surface area is 185 Å². The van der Waals surface area contributed by atoms with Gasteiger partial charge in [-0.15, -0.1) is 0 Å². The number of hydrogen-bond acceptors (Lipinski definition) is 4. The van der Waals surface area contributed by atoms with Crippen LogP contribution in [-0.4, -0.2) is 33.8 Å². The molecule has 0 saturated carbocycles. The first-order valence-corrected chi connectivity index (χ1v) is 10.3. The highest BCUT2D eigenvalue weighted by atomic mass is 19.1. The molecule has 2 aromatic carbocycles. The summed E-state index contributed by atoms with van der Waals surface area (Å²) in [4.78, 5) is 19.2. The van der Waals surface area contributed by atoms with E-state index in [1.807, 2.05) is 48.0 Å². The van der Waals surface area contributed by atoms with E-state index in [-0.39, 0.29) is 11.7 Å². The summed E-state index contributed by atoms with van der Waals surface area (Å²) in [7, 11) is 1.42. The zero-order valence-corrected chi connectivity index (χ0v) is 18.0. The maximum atomic E-state index is 14.0. The smallest absolute Gasteiger partial charge is 0.254 e. The van der Waals surface area contributed by atoms with Crippen molar-refractivity contribution in [3.8, 4) is 11.5 Å². The second-order valence-corrected chi connectivity index (χ2v) is 7.30. The predicted octanol–water partition coefficient (Wildman–Crippen LogP) is 4.72. The summed E-state index contributed by atoms with van der Waals surface area (Å²) < 4.78 is 26.8. The van der Waals surface area contributed by atoms with E-state index in [1.165, 1.54) is 13.2 Å². The molecule has 0 fully saturated rings. The van der Waals surface area contributed by atoms with Crippen LogP contribution in [0.5, 0.6) is 11.5 Å². The fourth-order valence-electron chi connectivity index (χ4n) is 3.47. The third kappa shape index (κ3) is 4.72. The number of fused-ring (bicyclic) bond motifs is 1. The average Bonchev–Trinajstić information content (AvgIpc) is 3.24. The molecule has 32 heavy (non-hydrogen) atoms. The fourth-order valence-corrected chi connectivity index (χ4v) is 3.47. The highest BCUT2D eigenvalue weighted by Crippen LogP contribution is 2.21. The largest absolute Gasteiger partial charge is 0.494 e. The van der Waals surface area contributed by atoms with Gasteiger partial charge in [-0.25, -0.2) is 9.37 Å². The topological polar surface area (TPSA) is 56.1 Å². The minimum atomic E-state index is -0.448. The van der Waals surface area contributed by atoms with Gasteiger partial charge >= 0.3 is 0 Å². The molecule has 0 aliphatic heterocycles. The molecule has 0 bridgehead atoms. The fraction of sp³-hybridized carbons (Fsp3) is 0.200. The SMILES string of the molecule is CCN(Cc1ccc(OC)c(F)c1)C(=O)c1cccc(OCc2cn3ccccc3n2)c1. The lowest BCUT2D eigenvalue weighted by molar-refractivity contribution is 0.0752. The summed E-state index contributed by atoms with van der Waals surface area (Å²) >= 11 is 0. The van der Waals surface area contributed by atoms with Crippen molar-refractivity contribution < 1.29 is 18.7 Å². The number of ether oxygens (including phenoxy) is 2. The number of methoxy groups -OCH3 is 1. The van der Waals surface area contributed by atoms with Gasteiger partial charge in [0, 0.05) is 31.0 Å². The molecule has 0 saturated heterocycles. The Bertz CT molecular complexity index is 1210. The van der Waals surface area contributed by atoms with Crippen LogP contribution in [0.15, 0.2) is 73.1 Å². The van der Waals surface area contributed by atoms with Gasteiger partial charge in [0.05, 0.1) is 12.8 Å². The molecule has 0 aliphatic carbocycles. The highest BCUT2D eigenvalue weighted by Gasteiger charge is 2.16. The molecule has 0 N–H and O–H groups in total. The minimum absolute atomic E-state index is 0.151. The van der Waals surface area contributed by atoms with Crippen molar-refractivity contribution in [1.82, 2.24) is 14.3 Å². The van der Waals surface area contributed by atoms with Crippen LogP contribution < -0.4 is 9.47 Å². The van der Waals surface area contributed by atoms with E-state index < -0.39 is 5.82 Å². The first-order chi connectivity index (χ1) is 15.6. The Hall–Kier alpha value is -3.87. The number of benzene rings is 2. The van der Waals surface area contributed by atoms with Crippen molar-refractivity contribution in [2.75, 3.05) is 13.7 Å². The predicted molar refractivity (Wildman–Crippen MR) is 119 cm³/mol. The number of hydrogen-bond donors (Lipinski definition) is 0. The van der Waals surface area contributed by atoms with Gasteiger partial charge in [0.25, 0.3) is 5.91 Å². The Balaban J connectivity index is 1.44.